The number of carbonyl (C=O) groups excluding carboxylic acids is 2. The monoisotopic (exact) mass is 539 g/mol. The Bertz CT molecular complexity index is 929. The van der Waals surface area contributed by atoms with Crippen LogP contribution in [0.3, 0.4) is 0 Å². The maximum Gasteiger partial charge on any atom is 0.328 e. The Morgan fingerprint density at radius 1 is 1.00 bits per heavy atom. The molecule has 0 aromatic heterocycles. The summed E-state index contributed by atoms with van der Waals surface area (Å²) in [6.07, 6.45) is -0.569. The maximum atomic E-state index is 13.2. The second-order valence-corrected chi connectivity index (χ2v) is 24.3. The molecule has 2 fully saturated rings. The second-order valence-electron chi connectivity index (χ2n) is 14.8. The van der Waals surface area contributed by atoms with Gasteiger partial charge in [0.2, 0.25) is 5.91 Å². The Morgan fingerprint density at radius 2 is 1.56 bits per heavy atom. The molecule has 1 N–H and O–H groups in total. The summed E-state index contributed by atoms with van der Waals surface area (Å²) in [5.74, 6) is -0.305. The molecule has 10 heteroatoms. The third-order valence-corrected chi connectivity index (χ3v) is 17.8. The third kappa shape index (κ3) is 5.25. The number of imide groups is 1. The summed E-state index contributed by atoms with van der Waals surface area (Å²) in [4.78, 5) is 32.0. The minimum Gasteiger partial charge on any atom is -0.414 e. The van der Waals surface area contributed by atoms with E-state index in [0.29, 0.717) is 13.0 Å². The van der Waals surface area contributed by atoms with Gasteiger partial charge in [-0.3, -0.25) is 20.0 Å². The summed E-state index contributed by atoms with van der Waals surface area (Å²) in [5.41, 5.74) is -0.636. The smallest absolute Gasteiger partial charge is 0.328 e. The van der Waals surface area contributed by atoms with Crippen molar-refractivity contribution in [3.05, 3.63) is 0 Å². The zero-order valence-electron chi connectivity index (χ0n) is 24.8. The number of rotatable bonds is 5. The normalized spacial score (nSPS) is 30.1. The van der Waals surface area contributed by atoms with E-state index in [1.807, 2.05) is 0 Å². The highest BCUT2D eigenvalue weighted by atomic mass is 28.4. The molecule has 3 aliphatic heterocycles. The number of hydrogen-bond acceptors (Lipinski definition) is 6. The van der Waals surface area contributed by atoms with E-state index in [2.05, 4.69) is 93.8 Å². The molecule has 1 spiro atoms. The van der Waals surface area contributed by atoms with Gasteiger partial charge in [-0.05, 0) is 36.3 Å². The van der Waals surface area contributed by atoms with Crippen LogP contribution in [-0.4, -0.2) is 69.9 Å². The van der Waals surface area contributed by atoms with Crippen molar-refractivity contribution in [3.63, 3.8) is 0 Å². The second kappa shape index (κ2) is 9.00. The largest absolute Gasteiger partial charge is 0.414 e. The van der Waals surface area contributed by atoms with Crippen molar-refractivity contribution in [1.82, 2.24) is 10.2 Å². The van der Waals surface area contributed by atoms with Gasteiger partial charge in [0.15, 0.2) is 22.4 Å². The lowest BCUT2D eigenvalue weighted by atomic mass is 9.82. The van der Waals surface area contributed by atoms with Crippen molar-refractivity contribution >= 4 is 34.3 Å². The molecule has 0 radical (unpaired) electrons. The van der Waals surface area contributed by atoms with Crippen molar-refractivity contribution in [2.45, 2.75) is 136 Å². The molecule has 8 nitrogen and oxygen atoms in total. The Balaban J connectivity index is 2.04. The molecule has 0 aliphatic carbocycles. The van der Waals surface area contributed by atoms with Crippen LogP contribution in [0.25, 0.3) is 0 Å². The Morgan fingerprint density at radius 3 is 2.06 bits per heavy atom. The van der Waals surface area contributed by atoms with E-state index < -0.39 is 34.6 Å². The standard InChI is InChI=1S/C26H49N3O5Si2/c1-23(2,3)21-26(29-19(27-21)14-20(30)28-22(29)31)15-17(34-36(12,13)25(7,8)9)18(33-26)16-32-35(10,11)24(4,5)6/h17-19H,14-16H2,1-13H3,(H,28,30,31)/t17-,18+,19?,26-/m0/s1. The average molecular weight is 540 g/mol. The average Bonchev–Trinajstić information content (AvgIpc) is 3.15. The SMILES string of the molecule is CC(C)(C)C1=NC2CC(=O)NC(=O)N2[C@]12C[C@H](O[Si](C)(C)C(C)(C)C)[C@@H](CO[Si](C)(C)C(C)(C)C)O2. The quantitative estimate of drug-likeness (QED) is 0.456. The highest BCUT2D eigenvalue weighted by Crippen LogP contribution is 2.50. The predicted molar refractivity (Wildman–Crippen MR) is 148 cm³/mol. The first-order valence-electron chi connectivity index (χ1n) is 13.2. The fourth-order valence-electron chi connectivity index (χ4n) is 4.68. The lowest BCUT2D eigenvalue weighted by Gasteiger charge is -2.42. The van der Waals surface area contributed by atoms with Crippen LogP contribution in [0.1, 0.15) is 75.2 Å². The van der Waals surface area contributed by atoms with E-state index in [0.717, 1.165) is 5.71 Å². The van der Waals surface area contributed by atoms with Crippen molar-refractivity contribution in [1.29, 1.82) is 0 Å². The van der Waals surface area contributed by atoms with E-state index in [4.69, 9.17) is 18.6 Å². The molecule has 3 heterocycles. The molecule has 0 aromatic carbocycles. The predicted octanol–water partition coefficient (Wildman–Crippen LogP) is 5.65. The van der Waals surface area contributed by atoms with Gasteiger partial charge in [-0.1, -0.05) is 62.3 Å². The van der Waals surface area contributed by atoms with Gasteiger partial charge in [0.25, 0.3) is 0 Å². The minimum absolute atomic E-state index is 0.0155. The van der Waals surface area contributed by atoms with E-state index in [1.165, 1.54) is 0 Å². The lowest BCUT2D eigenvalue weighted by Crippen LogP contribution is -2.64. The van der Waals surface area contributed by atoms with E-state index in [-0.39, 0.29) is 40.0 Å². The number of aliphatic imine (C=N–C) groups is 1. The van der Waals surface area contributed by atoms with Gasteiger partial charge < -0.3 is 13.6 Å². The molecular formula is C26H49N3O5Si2. The minimum atomic E-state index is -2.17. The van der Waals surface area contributed by atoms with Crippen LogP contribution in [0, 0.1) is 5.41 Å². The first-order valence-corrected chi connectivity index (χ1v) is 19.0. The van der Waals surface area contributed by atoms with Gasteiger partial charge in [0.05, 0.1) is 24.8 Å². The summed E-state index contributed by atoms with van der Waals surface area (Å²) in [5, 5.41) is 2.56. The van der Waals surface area contributed by atoms with Crippen LogP contribution in [0.2, 0.25) is 36.3 Å². The van der Waals surface area contributed by atoms with Crippen molar-refractivity contribution in [3.8, 4) is 0 Å². The Labute approximate surface area is 220 Å². The van der Waals surface area contributed by atoms with Gasteiger partial charge in [-0.25, -0.2) is 4.79 Å². The molecular weight excluding hydrogens is 490 g/mol. The molecule has 3 aliphatic rings. The molecule has 0 bridgehead atoms. The molecule has 4 atom stereocenters. The van der Waals surface area contributed by atoms with E-state index >= 15 is 0 Å². The highest BCUT2D eigenvalue weighted by Gasteiger charge is 2.64. The third-order valence-electron chi connectivity index (χ3n) is 8.78. The summed E-state index contributed by atoms with van der Waals surface area (Å²) in [6.45, 7) is 28.9. The Kier molecular flexibility index (Phi) is 7.37. The molecule has 0 aromatic rings. The maximum absolute atomic E-state index is 13.2. The summed E-state index contributed by atoms with van der Waals surface area (Å²) >= 11 is 0. The highest BCUT2D eigenvalue weighted by molar-refractivity contribution is 6.74. The number of urea groups is 1. The molecule has 36 heavy (non-hydrogen) atoms. The molecule has 2 saturated heterocycles. The van der Waals surface area contributed by atoms with Crippen LogP contribution in [-0.2, 0) is 18.4 Å². The number of nitrogens with zero attached hydrogens (tertiary/aromatic N) is 2. The van der Waals surface area contributed by atoms with E-state index in [1.54, 1.807) is 4.90 Å². The van der Waals surface area contributed by atoms with Gasteiger partial charge in [-0.15, -0.1) is 0 Å². The molecule has 3 rings (SSSR count). The van der Waals surface area contributed by atoms with Gasteiger partial charge in [-0.2, -0.15) is 0 Å². The Hall–Kier alpha value is -1.08. The van der Waals surface area contributed by atoms with Crippen molar-refractivity contribution in [2.75, 3.05) is 6.61 Å². The first-order chi connectivity index (χ1) is 16.0. The van der Waals surface area contributed by atoms with Crippen LogP contribution >= 0.6 is 0 Å². The first kappa shape index (κ1) is 29.5. The van der Waals surface area contributed by atoms with Crippen LogP contribution in [0.5, 0.6) is 0 Å². The summed E-state index contributed by atoms with van der Waals surface area (Å²) in [7, 11) is -4.22. The van der Waals surface area contributed by atoms with Gasteiger partial charge in [0.1, 0.15) is 12.3 Å². The van der Waals surface area contributed by atoms with Gasteiger partial charge >= 0.3 is 6.03 Å². The fourth-order valence-corrected chi connectivity index (χ4v) is 7.04. The number of carbonyl (C=O) groups is 2. The van der Waals surface area contributed by atoms with Crippen molar-refractivity contribution < 1.29 is 23.2 Å². The van der Waals surface area contributed by atoms with Crippen LogP contribution in [0.4, 0.5) is 4.79 Å². The summed E-state index contributed by atoms with van der Waals surface area (Å²) in [6, 6.07) is -0.448. The molecule has 1 unspecified atom stereocenters. The number of fused-ring (bicyclic) bond motifs is 2. The number of nitrogens with one attached hydrogen (secondary N) is 1. The lowest BCUT2D eigenvalue weighted by molar-refractivity contribution is -0.130. The van der Waals surface area contributed by atoms with Gasteiger partial charge in [0, 0.05) is 11.8 Å². The zero-order valence-corrected chi connectivity index (χ0v) is 26.8. The summed E-state index contributed by atoms with van der Waals surface area (Å²) < 4.78 is 20.5. The molecule has 206 valence electrons. The fraction of sp³-hybridized carbons (Fsp3) is 0.885. The van der Waals surface area contributed by atoms with Crippen LogP contribution < -0.4 is 5.32 Å². The number of hydrogen-bond donors (Lipinski definition) is 1. The topological polar surface area (TPSA) is 89.5 Å². The molecule has 0 saturated carbocycles. The number of ether oxygens (including phenoxy) is 1. The number of amides is 3. The zero-order chi connectivity index (χ0) is 27.7. The van der Waals surface area contributed by atoms with Crippen LogP contribution in [0.15, 0.2) is 4.99 Å². The van der Waals surface area contributed by atoms with E-state index in [9.17, 15) is 9.59 Å². The molecule has 3 amide bonds. The van der Waals surface area contributed by atoms with Crippen molar-refractivity contribution in [2.24, 2.45) is 10.4 Å².